The molecule has 0 radical (unpaired) electrons. The maximum absolute atomic E-state index is 12.0. The van der Waals surface area contributed by atoms with E-state index in [1.165, 1.54) is 24.3 Å². The van der Waals surface area contributed by atoms with Crippen molar-refractivity contribution >= 4 is 33.3 Å². The van der Waals surface area contributed by atoms with Crippen LogP contribution in [0, 0.1) is 6.92 Å². The number of carbonyl (C=O) groups is 2. The maximum Gasteiger partial charge on any atom is 0.239 e. The van der Waals surface area contributed by atoms with Crippen LogP contribution in [0.4, 0.5) is 11.5 Å². The number of rotatable bonds is 8. The number of anilines is 2. The molecule has 9 nitrogen and oxygen atoms in total. The van der Waals surface area contributed by atoms with Crippen LogP contribution in [0.1, 0.15) is 12.0 Å². The molecule has 0 bridgehead atoms. The lowest BCUT2D eigenvalue weighted by Gasteiger charge is -2.16. The zero-order valence-electron chi connectivity index (χ0n) is 15.7. The van der Waals surface area contributed by atoms with Crippen molar-refractivity contribution in [2.45, 2.75) is 18.2 Å². The Kier molecular flexibility index (Phi) is 7.21. The van der Waals surface area contributed by atoms with Crippen molar-refractivity contribution in [1.29, 1.82) is 0 Å². The molecule has 1 aromatic carbocycles. The number of pyridine rings is 1. The highest BCUT2D eigenvalue weighted by molar-refractivity contribution is 7.89. The SMILES string of the molecule is Cc1ccc(NC(=O)CN(C)CCC(=O)Nc2ccc(S(N)(=O)=O)cc2)nc1. The molecule has 0 saturated heterocycles. The first-order valence-corrected chi connectivity index (χ1v) is 10.0. The molecule has 10 heteroatoms. The van der Waals surface area contributed by atoms with E-state index in [0.717, 1.165) is 5.56 Å². The molecule has 4 N–H and O–H groups in total. The molecule has 0 aliphatic rings. The van der Waals surface area contributed by atoms with Crippen molar-refractivity contribution in [1.82, 2.24) is 9.88 Å². The molecule has 0 unspecified atom stereocenters. The summed E-state index contributed by atoms with van der Waals surface area (Å²) in [6, 6.07) is 9.14. The second kappa shape index (κ2) is 9.40. The molecule has 0 aliphatic heterocycles. The number of likely N-dealkylation sites (N-methyl/N-ethyl adjacent to an activating group) is 1. The smallest absolute Gasteiger partial charge is 0.239 e. The first kappa shape index (κ1) is 21.5. The van der Waals surface area contributed by atoms with E-state index < -0.39 is 10.0 Å². The van der Waals surface area contributed by atoms with Crippen LogP contribution < -0.4 is 15.8 Å². The molecule has 150 valence electrons. The predicted molar refractivity (Wildman–Crippen MR) is 106 cm³/mol. The molecule has 1 aromatic heterocycles. The van der Waals surface area contributed by atoms with Gasteiger partial charge in [0.1, 0.15) is 5.82 Å². The number of benzene rings is 1. The van der Waals surface area contributed by atoms with Gasteiger partial charge in [-0.1, -0.05) is 6.07 Å². The van der Waals surface area contributed by atoms with Crippen molar-refractivity contribution in [3.05, 3.63) is 48.2 Å². The highest BCUT2D eigenvalue weighted by atomic mass is 32.2. The lowest BCUT2D eigenvalue weighted by molar-refractivity contribution is -0.119. The molecule has 2 aromatic rings. The molecule has 0 saturated carbocycles. The minimum atomic E-state index is -3.77. The van der Waals surface area contributed by atoms with Crippen molar-refractivity contribution in [2.75, 3.05) is 30.8 Å². The Bertz CT molecular complexity index is 927. The van der Waals surface area contributed by atoms with E-state index in [0.29, 0.717) is 18.1 Å². The van der Waals surface area contributed by atoms with E-state index in [1.807, 2.05) is 13.0 Å². The van der Waals surface area contributed by atoms with Crippen LogP contribution in [-0.4, -0.2) is 50.3 Å². The minimum absolute atomic E-state index is 0.0284. The van der Waals surface area contributed by atoms with Gasteiger partial charge < -0.3 is 10.6 Å². The average Bonchev–Trinajstić information content (AvgIpc) is 2.61. The number of amides is 2. The van der Waals surface area contributed by atoms with Crippen LogP contribution in [0.5, 0.6) is 0 Å². The third kappa shape index (κ3) is 7.06. The number of aryl methyl sites for hydroxylation is 1. The van der Waals surface area contributed by atoms with E-state index in [4.69, 9.17) is 5.14 Å². The standard InChI is InChI=1S/C18H23N5O4S/c1-13-3-8-16(20-11-13)22-18(25)12-23(2)10-9-17(24)21-14-4-6-15(7-5-14)28(19,26)27/h3-8,11H,9-10,12H2,1-2H3,(H,21,24)(H2,19,26,27)(H,20,22,25). The summed E-state index contributed by atoms with van der Waals surface area (Å²) in [5, 5.41) is 10.4. The normalized spacial score (nSPS) is 11.3. The summed E-state index contributed by atoms with van der Waals surface area (Å²) < 4.78 is 22.4. The lowest BCUT2D eigenvalue weighted by atomic mass is 10.3. The Labute approximate surface area is 164 Å². The van der Waals surface area contributed by atoms with Gasteiger partial charge in [-0.05, 0) is 49.9 Å². The monoisotopic (exact) mass is 405 g/mol. The van der Waals surface area contributed by atoms with Gasteiger partial charge in [-0.2, -0.15) is 0 Å². The zero-order valence-corrected chi connectivity index (χ0v) is 16.5. The van der Waals surface area contributed by atoms with Crippen molar-refractivity contribution in [3.8, 4) is 0 Å². The van der Waals surface area contributed by atoms with Crippen LogP contribution in [-0.2, 0) is 19.6 Å². The van der Waals surface area contributed by atoms with Crippen molar-refractivity contribution in [3.63, 3.8) is 0 Å². The number of hydrogen-bond acceptors (Lipinski definition) is 6. The summed E-state index contributed by atoms with van der Waals surface area (Å²) in [4.78, 5) is 29.8. The predicted octanol–water partition coefficient (Wildman–Crippen LogP) is 0.937. The molecule has 0 atom stereocenters. The largest absolute Gasteiger partial charge is 0.326 e. The number of nitrogens with one attached hydrogen (secondary N) is 2. The van der Waals surface area contributed by atoms with Gasteiger partial charge in [0.15, 0.2) is 0 Å². The van der Waals surface area contributed by atoms with Gasteiger partial charge in [0.2, 0.25) is 21.8 Å². The molecular weight excluding hydrogens is 382 g/mol. The maximum atomic E-state index is 12.0. The van der Waals surface area contributed by atoms with Gasteiger partial charge in [0.25, 0.3) is 0 Å². The Hall–Kier alpha value is -2.82. The summed E-state index contributed by atoms with van der Waals surface area (Å²) in [5.41, 5.74) is 1.46. The first-order chi connectivity index (χ1) is 13.1. The molecule has 0 aliphatic carbocycles. The Morgan fingerprint density at radius 2 is 1.75 bits per heavy atom. The van der Waals surface area contributed by atoms with E-state index in [2.05, 4.69) is 15.6 Å². The third-order valence-corrected chi connectivity index (χ3v) is 4.71. The summed E-state index contributed by atoms with van der Waals surface area (Å²) in [7, 11) is -2.04. The van der Waals surface area contributed by atoms with Gasteiger partial charge in [0, 0.05) is 24.8 Å². The Morgan fingerprint density at radius 1 is 1.07 bits per heavy atom. The van der Waals surface area contributed by atoms with Gasteiger partial charge in [-0.25, -0.2) is 18.5 Å². The average molecular weight is 405 g/mol. The topological polar surface area (TPSA) is 134 Å². The quantitative estimate of drug-likeness (QED) is 0.598. The molecule has 2 rings (SSSR count). The second-order valence-electron chi connectivity index (χ2n) is 6.37. The third-order valence-electron chi connectivity index (χ3n) is 3.78. The van der Waals surface area contributed by atoms with E-state index >= 15 is 0 Å². The van der Waals surface area contributed by atoms with Crippen LogP contribution in [0.25, 0.3) is 0 Å². The summed E-state index contributed by atoms with van der Waals surface area (Å²) in [6.07, 6.45) is 1.84. The second-order valence-corrected chi connectivity index (χ2v) is 7.94. The van der Waals surface area contributed by atoms with Gasteiger partial charge >= 0.3 is 0 Å². The number of primary sulfonamides is 1. The molecular formula is C18H23N5O4S. The lowest BCUT2D eigenvalue weighted by Crippen LogP contribution is -2.32. The summed E-state index contributed by atoms with van der Waals surface area (Å²) >= 11 is 0. The fraction of sp³-hybridized carbons (Fsp3) is 0.278. The van der Waals surface area contributed by atoms with Crippen LogP contribution in [0.3, 0.4) is 0 Å². The number of sulfonamides is 1. The fourth-order valence-electron chi connectivity index (χ4n) is 2.29. The van der Waals surface area contributed by atoms with Crippen LogP contribution in [0.2, 0.25) is 0 Å². The molecule has 0 spiro atoms. The number of hydrogen-bond donors (Lipinski definition) is 3. The Morgan fingerprint density at radius 3 is 2.32 bits per heavy atom. The number of carbonyl (C=O) groups excluding carboxylic acids is 2. The minimum Gasteiger partial charge on any atom is -0.326 e. The van der Waals surface area contributed by atoms with Crippen molar-refractivity contribution in [2.24, 2.45) is 5.14 Å². The first-order valence-electron chi connectivity index (χ1n) is 8.47. The summed E-state index contributed by atoms with van der Waals surface area (Å²) in [6.45, 7) is 2.40. The summed E-state index contributed by atoms with van der Waals surface area (Å²) in [5.74, 6) is -0.00153. The number of nitrogens with zero attached hydrogens (tertiary/aromatic N) is 2. The van der Waals surface area contributed by atoms with Gasteiger partial charge in [-0.3, -0.25) is 14.5 Å². The number of nitrogens with two attached hydrogens (primary N) is 1. The Balaban J connectivity index is 1.75. The number of aromatic nitrogens is 1. The van der Waals surface area contributed by atoms with Crippen LogP contribution >= 0.6 is 0 Å². The van der Waals surface area contributed by atoms with Gasteiger partial charge in [0.05, 0.1) is 11.4 Å². The van der Waals surface area contributed by atoms with Gasteiger partial charge in [-0.15, -0.1) is 0 Å². The van der Waals surface area contributed by atoms with E-state index in [1.54, 1.807) is 24.2 Å². The fourth-order valence-corrected chi connectivity index (χ4v) is 2.81. The highest BCUT2D eigenvalue weighted by Crippen LogP contribution is 2.13. The van der Waals surface area contributed by atoms with Crippen LogP contribution in [0.15, 0.2) is 47.5 Å². The van der Waals surface area contributed by atoms with Crippen molar-refractivity contribution < 1.29 is 18.0 Å². The van der Waals surface area contributed by atoms with E-state index in [9.17, 15) is 18.0 Å². The molecule has 28 heavy (non-hydrogen) atoms. The molecule has 0 fully saturated rings. The zero-order chi connectivity index (χ0) is 20.7. The molecule has 1 heterocycles. The van der Waals surface area contributed by atoms with E-state index in [-0.39, 0.29) is 29.7 Å². The molecule has 2 amide bonds. The highest BCUT2D eigenvalue weighted by Gasteiger charge is 2.11.